The number of aryl methyl sites for hydroxylation is 1. The Labute approximate surface area is 252 Å². The van der Waals surface area contributed by atoms with Crippen LogP contribution in [0.4, 0.5) is 0 Å². The maximum atomic E-state index is 13.3. The zero-order valence-electron chi connectivity index (χ0n) is 22.9. The summed E-state index contributed by atoms with van der Waals surface area (Å²) >= 11 is 3.01. The molecular weight excluding hydrogens is 561 g/mol. The van der Waals surface area contributed by atoms with Gasteiger partial charge in [-0.05, 0) is 48.7 Å². The Morgan fingerprint density at radius 3 is 2.36 bits per heavy atom. The highest BCUT2D eigenvalue weighted by Crippen LogP contribution is 2.30. The monoisotopic (exact) mass is 588 g/mol. The number of carbonyl (C=O) groups is 1. The van der Waals surface area contributed by atoms with Gasteiger partial charge in [0, 0.05) is 29.0 Å². The zero-order chi connectivity index (χ0) is 28.7. The van der Waals surface area contributed by atoms with E-state index in [4.69, 9.17) is 0 Å². The molecule has 3 heterocycles. The van der Waals surface area contributed by atoms with Gasteiger partial charge in [-0.3, -0.25) is 14.3 Å². The standard InChI is InChI=1S/C33H28N6OS2/c1-23-12-14-27(15-13-23)39-31(26-16-18-34-19-17-26)37-38-33(39)42-22-30-35-29(21-41-30)32(40)36-28(25-10-6-3-7-11-25)20-24-8-4-2-5-9-24/h2-19,21,28H,20,22H2,1H3,(H,36,40). The van der Waals surface area contributed by atoms with Gasteiger partial charge in [-0.1, -0.05) is 90.1 Å². The lowest BCUT2D eigenvalue weighted by Gasteiger charge is -2.19. The summed E-state index contributed by atoms with van der Waals surface area (Å²) in [6.07, 6.45) is 4.19. The van der Waals surface area contributed by atoms with Crippen molar-refractivity contribution in [3.8, 4) is 17.1 Å². The molecule has 0 aliphatic heterocycles. The normalized spacial score (nSPS) is 11.7. The molecule has 1 N–H and O–H groups in total. The van der Waals surface area contributed by atoms with E-state index in [-0.39, 0.29) is 11.9 Å². The molecule has 0 saturated carbocycles. The van der Waals surface area contributed by atoms with Gasteiger partial charge in [0.25, 0.3) is 5.91 Å². The van der Waals surface area contributed by atoms with Gasteiger partial charge in [-0.25, -0.2) is 4.98 Å². The SMILES string of the molecule is Cc1ccc(-n2c(SCc3nc(C(=O)NC(Cc4ccccc4)c4ccccc4)cs3)nnc2-c2ccncc2)cc1. The van der Waals surface area contributed by atoms with Crippen molar-refractivity contribution in [2.45, 2.75) is 30.3 Å². The maximum absolute atomic E-state index is 13.3. The predicted molar refractivity (Wildman–Crippen MR) is 168 cm³/mol. The van der Waals surface area contributed by atoms with Crippen molar-refractivity contribution in [3.63, 3.8) is 0 Å². The molecule has 0 aliphatic rings. The first-order valence-corrected chi connectivity index (χ1v) is 15.4. The summed E-state index contributed by atoms with van der Waals surface area (Å²) in [6, 6.07) is 32.2. The van der Waals surface area contributed by atoms with Gasteiger partial charge in [0.2, 0.25) is 0 Å². The number of aromatic nitrogens is 5. The molecule has 1 atom stereocenters. The summed E-state index contributed by atoms with van der Waals surface area (Å²) in [4.78, 5) is 22.1. The number of thioether (sulfide) groups is 1. The molecule has 0 saturated heterocycles. The third-order valence-corrected chi connectivity index (χ3v) is 8.73. The Hall–Kier alpha value is -4.60. The quantitative estimate of drug-likeness (QED) is 0.172. The molecule has 9 heteroatoms. The van der Waals surface area contributed by atoms with E-state index in [0.717, 1.165) is 38.4 Å². The number of rotatable bonds is 10. The van der Waals surface area contributed by atoms with Crippen LogP contribution >= 0.6 is 23.1 Å². The molecule has 3 aromatic heterocycles. The molecule has 0 fully saturated rings. The van der Waals surface area contributed by atoms with E-state index in [0.29, 0.717) is 17.9 Å². The third-order valence-electron chi connectivity index (χ3n) is 6.76. The molecule has 7 nitrogen and oxygen atoms in total. The summed E-state index contributed by atoms with van der Waals surface area (Å²) in [5.74, 6) is 1.12. The first kappa shape index (κ1) is 27.6. The van der Waals surface area contributed by atoms with Crippen molar-refractivity contribution < 1.29 is 4.79 Å². The number of hydrogen-bond acceptors (Lipinski definition) is 7. The first-order chi connectivity index (χ1) is 20.6. The van der Waals surface area contributed by atoms with Crippen LogP contribution in [0.1, 0.15) is 38.2 Å². The molecule has 208 valence electrons. The number of pyridine rings is 1. The van der Waals surface area contributed by atoms with Crippen LogP contribution in [0.2, 0.25) is 0 Å². The van der Waals surface area contributed by atoms with E-state index in [9.17, 15) is 4.79 Å². The lowest BCUT2D eigenvalue weighted by molar-refractivity contribution is 0.0932. The molecule has 0 spiro atoms. The fourth-order valence-electron chi connectivity index (χ4n) is 4.61. The largest absolute Gasteiger partial charge is 0.344 e. The number of nitrogens with one attached hydrogen (secondary N) is 1. The van der Waals surface area contributed by atoms with Crippen LogP contribution in [0, 0.1) is 6.92 Å². The second-order valence-electron chi connectivity index (χ2n) is 9.75. The second kappa shape index (κ2) is 12.9. The highest BCUT2D eigenvalue weighted by atomic mass is 32.2. The topological polar surface area (TPSA) is 85.6 Å². The van der Waals surface area contributed by atoms with Crippen molar-refractivity contribution in [1.82, 2.24) is 30.0 Å². The number of amides is 1. The van der Waals surface area contributed by atoms with E-state index in [1.165, 1.54) is 16.9 Å². The predicted octanol–water partition coefficient (Wildman–Crippen LogP) is 7.10. The smallest absolute Gasteiger partial charge is 0.271 e. The average molecular weight is 589 g/mol. The number of nitrogens with zero attached hydrogens (tertiary/aromatic N) is 5. The number of hydrogen-bond donors (Lipinski definition) is 1. The zero-order valence-corrected chi connectivity index (χ0v) is 24.6. The second-order valence-corrected chi connectivity index (χ2v) is 11.6. The van der Waals surface area contributed by atoms with E-state index in [1.807, 2.05) is 66.0 Å². The van der Waals surface area contributed by atoms with Crippen molar-refractivity contribution in [2.75, 3.05) is 0 Å². The van der Waals surface area contributed by atoms with Gasteiger partial charge < -0.3 is 5.32 Å². The van der Waals surface area contributed by atoms with Gasteiger partial charge in [0.1, 0.15) is 10.7 Å². The van der Waals surface area contributed by atoms with E-state index < -0.39 is 0 Å². The Balaban J connectivity index is 1.19. The number of benzene rings is 3. The van der Waals surface area contributed by atoms with Crippen LogP contribution in [0.15, 0.2) is 120 Å². The van der Waals surface area contributed by atoms with Crippen LogP contribution in [0.25, 0.3) is 17.1 Å². The summed E-state index contributed by atoms with van der Waals surface area (Å²) in [7, 11) is 0. The fraction of sp³-hybridized carbons (Fsp3) is 0.121. The van der Waals surface area contributed by atoms with Crippen molar-refractivity contribution in [1.29, 1.82) is 0 Å². The Bertz CT molecular complexity index is 1750. The van der Waals surface area contributed by atoms with Crippen molar-refractivity contribution in [2.24, 2.45) is 0 Å². The lowest BCUT2D eigenvalue weighted by Crippen LogP contribution is -2.30. The summed E-state index contributed by atoms with van der Waals surface area (Å²) in [5.41, 5.74) is 5.72. The fourth-order valence-corrected chi connectivity index (χ4v) is 6.35. The molecular formula is C33H28N6OS2. The average Bonchev–Trinajstić information content (AvgIpc) is 3.69. The van der Waals surface area contributed by atoms with E-state index >= 15 is 0 Å². The summed E-state index contributed by atoms with van der Waals surface area (Å²) in [6.45, 7) is 2.06. The van der Waals surface area contributed by atoms with Gasteiger partial charge in [-0.15, -0.1) is 21.5 Å². The Morgan fingerprint density at radius 1 is 0.905 bits per heavy atom. The molecule has 3 aromatic carbocycles. The highest BCUT2D eigenvalue weighted by molar-refractivity contribution is 7.98. The van der Waals surface area contributed by atoms with Crippen LogP contribution in [0.3, 0.4) is 0 Å². The highest BCUT2D eigenvalue weighted by Gasteiger charge is 2.20. The molecule has 0 aliphatic carbocycles. The molecule has 6 aromatic rings. The van der Waals surface area contributed by atoms with Crippen molar-refractivity contribution >= 4 is 29.0 Å². The third kappa shape index (κ3) is 6.48. The van der Waals surface area contributed by atoms with Crippen LogP contribution in [-0.2, 0) is 12.2 Å². The molecule has 42 heavy (non-hydrogen) atoms. The minimum Gasteiger partial charge on any atom is -0.344 e. The number of carbonyl (C=O) groups excluding carboxylic acids is 1. The minimum absolute atomic E-state index is 0.166. The maximum Gasteiger partial charge on any atom is 0.271 e. The van der Waals surface area contributed by atoms with Crippen molar-refractivity contribution in [3.05, 3.63) is 142 Å². The number of thiazole rings is 1. The molecule has 0 radical (unpaired) electrons. The molecule has 1 unspecified atom stereocenters. The lowest BCUT2D eigenvalue weighted by atomic mass is 9.99. The van der Waals surface area contributed by atoms with Gasteiger partial charge >= 0.3 is 0 Å². The summed E-state index contributed by atoms with van der Waals surface area (Å²) < 4.78 is 2.05. The first-order valence-electron chi connectivity index (χ1n) is 13.5. The van der Waals surface area contributed by atoms with E-state index in [1.54, 1.807) is 24.2 Å². The molecule has 1 amide bonds. The Morgan fingerprint density at radius 2 is 1.62 bits per heavy atom. The molecule has 6 rings (SSSR count). The summed E-state index contributed by atoms with van der Waals surface area (Å²) in [5, 5.41) is 15.6. The van der Waals surface area contributed by atoms with Gasteiger partial charge in [-0.2, -0.15) is 0 Å². The van der Waals surface area contributed by atoms with Gasteiger partial charge in [0.05, 0.1) is 11.8 Å². The van der Waals surface area contributed by atoms with Gasteiger partial charge in [0.15, 0.2) is 11.0 Å². The molecule has 0 bridgehead atoms. The van der Waals surface area contributed by atoms with Crippen LogP contribution in [0.5, 0.6) is 0 Å². The Kier molecular flexibility index (Phi) is 8.48. The van der Waals surface area contributed by atoms with E-state index in [2.05, 4.69) is 73.4 Å². The van der Waals surface area contributed by atoms with Crippen LogP contribution in [-0.4, -0.2) is 30.6 Å². The minimum atomic E-state index is -0.185. The van der Waals surface area contributed by atoms with Crippen LogP contribution < -0.4 is 5.32 Å².